The van der Waals surface area contributed by atoms with Crippen LogP contribution in [0.2, 0.25) is 0 Å². The van der Waals surface area contributed by atoms with E-state index in [4.69, 9.17) is 39.9 Å². The maximum Gasteiger partial charge on any atom is 0.317 e. The van der Waals surface area contributed by atoms with Crippen LogP contribution in [0.25, 0.3) is 0 Å². The number of hydrogen-bond donors (Lipinski definition) is 1. The van der Waals surface area contributed by atoms with Gasteiger partial charge in [-0.15, -0.1) is 0 Å². The average Bonchev–Trinajstić information content (AvgIpc) is 2.11. The molecule has 8 heteroatoms. The lowest BCUT2D eigenvalue weighted by Crippen LogP contribution is -2.27. The van der Waals surface area contributed by atoms with Crippen molar-refractivity contribution in [2.24, 2.45) is 5.92 Å². The molecule has 1 N–H and O–H groups in total. The monoisotopic (exact) mass is 304 g/mol. The summed E-state index contributed by atoms with van der Waals surface area (Å²) in [5.74, 6) is -4.08. The van der Waals surface area contributed by atoms with E-state index in [0.29, 0.717) is 0 Å². The molecule has 0 heterocycles. The molecule has 0 saturated carbocycles. The Labute approximate surface area is 113 Å². The SMILES string of the molecule is CC(=O)C(CC(=O)O)C(=O)OCCC(Cl)(Cl)Cl. The minimum Gasteiger partial charge on any atom is -0.481 e. The number of carbonyl (C=O) groups is 3. The molecule has 0 aromatic heterocycles. The third-order valence-corrected chi connectivity index (χ3v) is 2.35. The third-order valence-electron chi connectivity index (χ3n) is 1.78. The number of halogens is 3. The fourth-order valence-corrected chi connectivity index (χ4v) is 1.17. The first-order valence-electron chi connectivity index (χ1n) is 4.59. The summed E-state index contributed by atoms with van der Waals surface area (Å²) < 4.78 is 3.11. The molecule has 1 atom stereocenters. The first kappa shape index (κ1) is 16.5. The first-order valence-corrected chi connectivity index (χ1v) is 5.72. The molecule has 1 unspecified atom stereocenters. The highest BCUT2D eigenvalue weighted by Gasteiger charge is 2.28. The topological polar surface area (TPSA) is 80.7 Å². The van der Waals surface area contributed by atoms with Gasteiger partial charge in [0.05, 0.1) is 13.0 Å². The summed E-state index contributed by atoms with van der Waals surface area (Å²) in [7, 11) is 0. The summed E-state index contributed by atoms with van der Waals surface area (Å²) >= 11 is 16.3. The fourth-order valence-electron chi connectivity index (χ4n) is 0.936. The number of ketones is 1. The number of carbonyl (C=O) groups excluding carboxylic acids is 2. The molecular formula is C9H11Cl3O5. The first-order chi connectivity index (χ1) is 7.63. The number of aliphatic carboxylic acids is 1. The molecular weight excluding hydrogens is 294 g/mol. The number of carboxylic acids is 1. The van der Waals surface area contributed by atoms with E-state index in [1.165, 1.54) is 0 Å². The van der Waals surface area contributed by atoms with Crippen molar-refractivity contribution in [2.45, 2.75) is 23.6 Å². The summed E-state index contributed by atoms with van der Waals surface area (Å²) in [5, 5.41) is 8.51. The van der Waals surface area contributed by atoms with Crippen molar-refractivity contribution in [1.82, 2.24) is 0 Å². The van der Waals surface area contributed by atoms with Crippen LogP contribution in [0.5, 0.6) is 0 Å². The summed E-state index contributed by atoms with van der Waals surface area (Å²) in [6.07, 6.45) is -0.650. The van der Waals surface area contributed by atoms with Crippen LogP contribution in [0.4, 0.5) is 0 Å². The Morgan fingerprint density at radius 2 is 1.82 bits per heavy atom. The van der Waals surface area contributed by atoms with Gasteiger partial charge in [0, 0.05) is 6.42 Å². The highest BCUT2D eigenvalue weighted by atomic mass is 35.6. The normalized spacial score (nSPS) is 12.9. The predicted molar refractivity (Wildman–Crippen MR) is 62.3 cm³/mol. The summed E-state index contributed by atoms with van der Waals surface area (Å²) in [4.78, 5) is 32.8. The van der Waals surface area contributed by atoms with Crippen molar-refractivity contribution in [3.63, 3.8) is 0 Å². The largest absolute Gasteiger partial charge is 0.481 e. The van der Waals surface area contributed by atoms with Crippen LogP contribution < -0.4 is 0 Å². The van der Waals surface area contributed by atoms with Gasteiger partial charge in [0.25, 0.3) is 0 Å². The second-order valence-electron chi connectivity index (χ2n) is 3.29. The molecule has 5 nitrogen and oxygen atoms in total. The van der Waals surface area contributed by atoms with Gasteiger partial charge in [-0.2, -0.15) is 0 Å². The lowest BCUT2D eigenvalue weighted by atomic mass is 10.0. The Kier molecular flexibility index (Phi) is 6.82. The summed E-state index contributed by atoms with van der Waals surface area (Å²) in [6.45, 7) is 0.919. The van der Waals surface area contributed by atoms with Gasteiger partial charge in [-0.25, -0.2) is 0 Å². The van der Waals surface area contributed by atoms with E-state index in [9.17, 15) is 14.4 Å². The molecule has 0 radical (unpaired) electrons. The second kappa shape index (κ2) is 7.03. The van der Waals surface area contributed by atoms with Gasteiger partial charge in [-0.1, -0.05) is 34.8 Å². The molecule has 98 valence electrons. The highest BCUT2D eigenvalue weighted by molar-refractivity contribution is 6.67. The smallest absolute Gasteiger partial charge is 0.317 e. The van der Waals surface area contributed by atoms with Gasteiger partial charge in [-0.3, -0.25) is 14.4 Å². The van der Waals surface area contributed by atoms with Crippen molar-refractivity contribution in [3.05, 3.63) is 0 Å². The quantitative estimate of drug-likeness (QED) is 0.461. The molecule has 17 heavy (non-hydrogen) atoms. The Bertz CT molecular complexity index is 310. The van der Waals surface area contributed by atoms with Crippen molar-refractivity contribution < 1.29 is 24.2 Å². The van der Waals surface area contributed by atoms with E-state index in [2.05, 4.69) is 4.74 Å². The Morgan fingerprint density at radius 1 is 1.29 bits per heavy atom. The number of alkyl halides is 3. The zero-order valence-corrected chi connectivity index (χ0v) is 11.2. The van der Waals surface area contributed by atoms with Crippen LogP contribution in [-0.2, 0) is 19.1 Å². The minimum atomic E-state index is -1.56. The number of ether oxygens (including phenoxy) is 1. The molecule has 0 rings (SSSR count). The van der Waals surface area contributed by atoms with Crippen molar-refractivity contribution in [3.8, 4) is 0 Å². The maximum absolute atomic E-state index is 11.4. The van der Waals surface area contributed by atoms with Gasteiger partial charge in [0.1, 0.15) is 11.7 Å². The van der Waals surface area contributed by atoms with E-state index < -0.39 is 33.9 Å². The summed E-state index contributed by atoms with van der Waals surface area (Å²) in [6, 6.07) is 0. The lowest BCUT2D eigenvalue weighted by molar-refractivity contribution is -0.156. The Morgan fingerprint density at radius 3 is 2.18 bits per heavy atom. The number of hydrogen-bond acceptors (Lipinski definition) is 4. The number of esters is 1. The molecule has 0 fully saturated rings. The maximum atomic E-state index is 11.4. The molecule has 0 aliphatic heterocycles. The van der Waals surface area contributed by atoms with Crippen LogP contribution in [0, 0.1) is 5.92 Å². The van der Waals surface area contributed by atoms with Crippen LogP contribution in [0.3, 0.4) is 0 Å². The van der Waals surface area contributed by atoms with Crippen LogP contribution in [0.15, 0.2) is 0 Å². The molecule has 0 amide bonds. The van der Waals surface area contributed by atoms with Crippen LogP contribution >= 0.6 is 34.8 Å². The van der Waals surface area contributed by atoms with Gasteiger partial charge in [-0.05, 0) is 6.92 Å². The predicted octanol–water partition coefficient (Wildman–Crippen LogP) is 1.97. The molecule has 0 saturated heterocycles. The zero-order valence-electron chi connectivity index (χ0n) is 8.91. The van der Waals surface area contributed by atoms with Gasteiger partial charge >= 0.3 is 11.9 Å². The van der Waals surface area contributed by atoms with Crippen LogP contribution in [0.1, 0.15) is 19.8 Å². The lowest BCUT2D eigenvalue weighted by Gasteiger charge is -2.13. The van der Waals surface area contributed by atoms with Gasteiger partial charge in [0.15, 0.2) is 3.79 Å². The van der Waals surface area contributed by atoms with E-state index in [1.807, 2.05) is 0 Å². The molecule has 0 aliphatic carbocycles. The highest BCUT2D eigenvalue weighted by Crippen LogP contribution is 2.29. The number of rotatable bonds is 6. The van der Waals surface area contributed by atoms with Crippen molar-refractivity contribution in [1.29, 1.82) is 0 Å². The molecule has 0 aliphatic rings. The van der Waals surface area contributed by atoms with E-state index in [1.54, 1.807) is 0 Å². The third kappa shape index (κ3) is 8.24. The molecule has 0 spiro atoms. The zero-order chi connectivity index (χ0) is 13.6. The molecule has 0 aromatic rings. The Balaban J connectivity index is 4.25. The van der Waals surface area contributed by atoms with Gasteiger partial charge in [0.2, 0.25) is 0 Å². The second-order valence-corrected chi connectivity index (χ2v) is 5.81. The van der Waals surface area contributed by atoms with Gasteiger partial charge < -0.3 is 9.84 Å². The van der Waals surface area contributed by atoms with E-state index >= 15 is 0 Å². The number of Topliss-reactive ketones (excluding diaryl/α,β-unsaturated/α-hetero) is 1. The van der Waals surface area contributed by atoms with Crippen molar-refractivity contribution in [2.75, 3.05) is 6.61 Å². The standard InChI is InChI=1S/C9H11Cl3O5/c1-5(13)6(4-7(14)15)8(16)17-3-2-9(10,11)12/h6H,2-4H2,1H3,(H,14,15). The van der Waals surface area contributed by atoms with Crippen molar-refractivity contribution >= 4 is 52.5 Å². The number of carboxylic acid groups (broad SMARTS) is 1. The van der Waals surface area contributed by atoms with Crippen LogP contribution in [-0.4, -0.2) is 33.2 Å². The molecule has 0 bridgehead atoms. The fraction of sp³-hybridized carbons (Fsp3) is 0.667. The Hall–Kier alpha value is -0.520. The van der Waals surface area contributed by atoms with E-state index in [-0.39, 0.29) is 13.0 Å². The molecule has 0 aromatic carbocycles. The van der Waals surface area contributed by atoms with E-state index in [0.717, 1.165) is 6.92 Å². The minimum absolute atomic E-state index is 0.0406. The average molecular weight is 306 g/mol. The summed E-state index contributed by atoms with van der Waals surface area (Å²) in [5.41, 5.74) is 0.